The van der Waals surface area contributed by atoms with Crippen LogP contribution in [0.1, 0.15) is 50.8 Å². The minimum absolute atomic E-state index is 0.0508. The lowest BCUT2D eigenvalue weighted by molar-refractivity contribution is -0.145. The van der Waals surface area contributed by atoms with E-state index in [1.165, 1.54) is 14.7 Å². The van der Waals surface area contributed by atoms with E-state index in [0.29, 0.717) is 37.3 Å². The molecule has 0 N–H and O–H groups in total. The molecule has 1 aromatic carbocycles. The van der Waals surface area contributed by atoms with Crippen LogP contribution in [0.25, 0.3) is 0 Å². The second kappa shape index (κ2) is 10.6. The van der Waals surface area contributed by atoms with E-state index in [4.69, 9.17) is 0 Å². The average molecular weight is 503 g/mol. The molecule has 2 atom stereocenters. The SMILES string of the molecule is CN1CCN(C(=O)C(c2cccnc2)N(C(=O)C2CCCN2C#N)c2ccc(C(C)(C)C)cc2)CC1=O. The van der Waals surface area contributed by atoms with E-state index in [1.54, 1.807) is 36.5 Å². The van der Waals surface area contributed by atoms with Crippen molar-refractivity contribution in [3.05, 3.63) is 59.9 Å². The number of anilines is 1. The van der Waals surface area contributed by atoms with Gasteiger partial charge < -0.3 is 9.80 Å². The van der Waals surface area contributed by atoms with Gasteiger partial charge in [-0.05, 0) is 42.0 Å². The van der Waals surface area contributed by atoms with Crippen molar-refractivity contribution in [2.45, 2.75) is 51.1 Å². The summed E-state index contributed by atoms with van der Waals surface area (Å²) in [4.78, 5) is 51.1. The fourth-order valence-corrected chi connectivity index (χ4v) is 4.89. The van der Waals surface area contributed by atoms with Crippen LogP contribution in [0.15, 0.2) is 48.8 Å². The number of rotatable bonds is 5. The third kappa shape index (κ3) is 5.43. The number of hydrogen-bond donors (Lipinski definition) is 0. The summed E-state index contributed by atoms with van der Waals surface area (Å²) in [7, 11) is 1.71. The normalized spacial score (nSPS) is 18.9. The van der Waals surface area contributed by atoms with Gasteiger partial charge in [0.2, 0.25) is 5.91 Å². The summed E-state index contributed by atoms with van der Waals surface area (Å²) < 4.78 is 0. The maximum atomic E-state index is 14.2. The van der Waals surface area contributed by atoms with E-state index >= 15 is 0 Å². The van der Waals surface area contributed by atoms with E-state index < -0.39 is 12.1 Å². The zero-order valence-corrected chi connectivity index (χ0v) is 21.9. The molecule has 9 nitrogen and oxygen atoms in total. The van der Waals surface area contributed by atoms with Crippen LogP contribution >= 0.6 is 0 Å². The highest BCUT2D eigenvalue weighted by Gasteiger charge is 2.42. The Bertz CT molecular complexity index is 1190. The van der Waals surface area contributed by atoms with Crippen molar-refractivity contribution in [1.82, 2.24) is 19.7 Å². The van der Waals surface area contributed by atoms with Crippen LogP contribution in [0, 0.1) is 11.5 Å². The molecule has 2 saturated heterocycles. The van der Waals surface area contributed by atoms with Crippen molar-refractivity contribution in [3.8, 4) is 6.19 Å². The number of carbonyl (C=O) groups is 3. The van der Waals surface area contributed by atoms with E-state index in [-0.39, 0.29) is 29.7 Å². The monoisotopic (exact) mass is 502 g/mol. The lowest BCUT2D eigenvalue weighted by Crippen LogP contribution is -2.55. The summed E-state index contributed by atoms with van der Waals surface area (Å²) >= 11 is 0. The Morgan fingerprint density at radius 1 is 1.14 bits per heavy atom. The predicted molar refractivity (Wildman–Crippen MR) is 139 cm³/mol. The highest BCUT2D eigenvalue weighted by molar-refractivity contribution is 6.04. The van der Waals surface area contributed by atoms with Crippen LogP contribution in [0.4, 0.5) is 5.69 Å². The molecule has 0 radical (unpaired) electrons. The molecule has 4 rings (SSSR count). The number of nitriles is 1. The van der Waals surface area contributed by atoms with Crippen LogP contribution in [-0.4, -0.2) is 76.7 Å². The molecule has 2 fully saturated rings. The van der Waals surface area contributed by atoms with Crippen LogP contribution in [-0.2, 0) is 19.8 Å². The number of carbonyl (C=O) groups excluding carboxylic acids is 3. The van der Waals surface area contributed by atoms with Gasteiger partial charge in [0.05, 0.1) is 6.54 Å². The van der Waals surface area contributed by atoms with Crippen molar-refractivity contribution in [2.75, 3.05) is 38.1 Å². The molecule has 37 heavy (non-hydrogen) atoms. The third-order valence-electron chi connectivity index (χ3n) is 7.18. The number of aromatic nitrogens is 1. The number of piperazine rings is 1. The third-order valence-corrected chi connectivity index (χ3v) is 7.18. The highest BCUT2D eigenvalue weighted by Crippen LogP contribution is 2.34. The van der Waals surface area contributed by atoms with Crippen LogP contribution < -0.4 is 4.90 Å². The fraction of sp³-hybridized carbons (Fsp3) is 0.464. The average Bonchev–Trinajstić information content (AvgIpc) is 3.37. The number of likely N-dealkylation sites (N-methyl/N-ethyl adjacent to an activating group) is 1. The minimum atomic E-state index is -1.03. The van der Waals surface area contributed by atoms with E-state index in [1.807, 2.05) is 24.3 Å². The second-order valence-electron chi connectivity index (χ2n) is 10.7. The van der Waals surface area contributed by atoms with E-state index in [9.17, 15) is 19.6 Å². The highest BCUT2D eigenvalue weighted by atomic mass is 16.2. The summed E-state index contributed by atoms with van der Waals surface area (Å²) in [5, 5.41) is 9.66. The van der Waals surface area contributed by atoms with Crippen LogP contribution in [0.3, 0.4) is 0 Å². The summed E-state index contributed by atoms with van der Waals surface area (Å²) in [5.41, 5.74) is 2.12. The topological polar surface area (TPSA) is 101 Å². The maximum Gasteiger partial charge on any atom is 0.251 e. The Morgan fingerprint density at radius 3 is 2.46 bits per heavy atom. The molecule has 3 heterocycles. The Labute approximate surface area is 218 Å². The zero-order chi connectivity index (χ0) is 26.7. The molecule has 2 aliphatic heterocycles. The van der Waals surface area contributed by atoms with Gasteiger partial charge in [-0.2, -0.15) is 5.26 Å². The van der Waals surface area contributed by atoms with Crippen molar-refractivity contribution < 1.29 is 14.4 Å². The summed E-state index contributed by atoms with van der Waals surface area (Å²) in [6.07, 6.45) is 6.59. The summed E-state index contributed by atoms with van der Waals surface area (Å²) in [5.74, 6) is -0.808. The standard InChI is InChI=1S/C28H34N6O3/c1-28(2,3)21-9-11-22(12-10-21)34(26(36)23-8-6-14-33(23)19-29)25(20-7-5-13-30-17-20)27(37)32-16-15-31(4)24(35)18-32/h5,7,9-13,17,23,25H,6,8,14-16,18H2,1-4H3. The van der Waals surface area contributed by atoms with Crippen LogP contribution in [0.2, 0.25) is 0 Å². The number of nitrogens with zero attached hydrogens (tertiary/aromatic N) is 6. The lowest BCUT2D eigenvalue weighted by Gasteiger charge is -2.39. The molecule has 0 aliphatic carbocycles. The first-order chi connectivity index (χ1) is 17.6. The van der Waals surface area contributed by atoms with E-state index in [0.717, 1.165) is 12.0 Å². The van der Waals surface area contributed by atoms with Gasteiger partial charge in [-0.25, -0.2) is 0 Å². The molecule has 3 amide bonds. The van der Waals surface area contributed by atoms with Gasteiger partial charge in [-0.15, -0.1) is 0 Å². The number of pyridine rings is 1. The molecule has 2 unspecified atom stereocenters. The molecule has 2 aromatic rings. The first-order valence-corrected chi connectivity index (χ1v) is 12.6. The van der Waals surface area contributed by atoms with Gasteiger partial charge in [-0.3, -0.25) is 29.2 Å². The zero-order valence-electron chi connectivity index (χ0n) is 21.9. The van der Waals surface area contributed by atoms with Crippen molar-refractivity contribution >= 4 is 23.4 Å². The van der Waals surface area contributed by atoms with Gasteiger partial charge in [0, 0.05) is 50.3 Å². The van der Waals surface area contributed by atoms with Gasteiger partial charge in [-0.1, -0.05) is 39.0 Å². The number of hydrogen-bond acceptors (Lipinski definition) is 6. The molecule has 0 bridgehead atoms. The summed E-state index contributed by atoms with van der Waals surface area (Å²) in [6.45, 7) is 7.58. The second-order valence-corrected chi connectivity index (χ2v) is 10.7. The van der Waals surface area contributed by atoms with Crippen molar-refractivity contribution in [1.29, 1.82) is 5.26 Å². The minimum Gasteiger partial charge on any atom is -0.342 e. The quantitative estimate of drug-likeness (QED) is 0.583. The maximum absolute atomic E-state index is 14.2. The largest absolute Gasteiger partial charge is 0.342 e. The Balaban J connectivity index is 1.82. The number of amides is 3. The molecule has 2 aliphatic rings. The molecular weight excluding hydrogens is 468 g/mol. The van der Waals surface area contributed by atoms with E-state index in [2.05, 4.69) is 31.9 Å². The number of likely N-dealkylation sites (tertiary alicyclic amines) is 1. The smallest absolute Gasteiger partial charge is 0.251 e. The molecule has 194 valence electrons. The Hall–Kier alpha value is -3.93. The Morgan fingerprint density at radius 2 is 1.86 bits per heavy atom. The molecule has 0 spiro atoms. The van der Waals surface area contributed by atoms with Crippen LogP contribution in [0.5, 0.6) is 0 Å². The van der Waals surface area contributed by atoms with Gasteiger partial charge >= 0.3 is 0 Å². The van der Waals surface area contributed by atoms with Crippen molar-refractivity contribution in [2.24, 2.45) is 0 Å². The molecular formula is C28H34N6O3. The van der Waals surface area contributed by atoms with Gasteiger partial charge in [0.15, 0.2) is 6.19 Å². The van der Waals surface area contributed by atoms with Gasteiger partial charge in [0.25, 0.3) is 11.8 Å². The fourth-order valence-electron chi connectivity index (χ4n) is 4.89. The van der Waals surface area contributed by atoms with Crippen molar-refractivity contribution in [3.63, 3.8) is 0 Å². The molecule has 9 heteroatoms. The molecule has 0 saturated carbocycles. The number of benzene rings is 1. The first-order valence-electron chi connectivity index (χ1n) is 12.6. The lowest BCUT2D eigenvalue weighted by atomic mass is 9.87. The predicted octanol–water partition coefficient (Wildman–Crippen LogP) is 2.70. The first kappa shape index (κ1) is 26.1. The summed E-state index contributed by atoms with van der Waals surface area (Å²) in [6, 6.07) is 9.47. The Kier molecular flexibility index (Phi) is 7.48. The van der Waals surface area contributed by atoms with Gasteiger partial charge in [0.1, 0.15) is 12.1 Å². The molecule has 1 aromatic heterocycles.